The molecule has 0 aliphatic carbocycles. The van der Waals surface area contributed by atoms with Crippen LogP contribution in [0.1, 0.15) is 28.4 Å². The molecule has 0 heterocycles. The molecule has 0 radical (unpaired) electrons. The average molecular weight is 232 g/mol. The van der Waals surface area contributed by atoms with Gasteiger partial charge in [-0.2, -0.15) is 13.2 Å². The first kappa shape index (κ1) is 12.5. The van der Waals surface area contributed by atoms with Crippen molar-refractivity contribution >= 4 is 5.97 Å². The fourth-order valence-corrected chi connectivity index (χ4v) is 1.44. The van der Waals surface area contributed by atoms with E-state index in [4.69, 9.17) is 5.11 Å². The topological polar surface area (TPSA) is 37.3 Å². The van der Waals surface area contributed by atoms with E-state index < -0.39 is 18.6 Å². The van der Waals surface area contributed by atoms with Crippen molar-refractivity contribution in [2.45, 2.75) is 25.9 Å². The molecule has 0 bridgehead atoms. The summed E-state index contributed by atoms with van der Waals surface area (Å²) in [6.07, 6.45) is -5.02. The van der Waals surface area contributed by atoms with Crippen molar-refractivity contribution in [3.8, 4) is 0 Å². The summed E-state index contributed by atoms with van der Waals surface area (Å²) < 4.78 is 36.7. The second-order valence-corrected chi connectivity index (χ2v) is 3.44. The van der Waals surface area contributed by atoms with Gasteiger partial charge in [0, 0.05) is 0 Å². The molecule has 0 fully saturated rings. The van der Waals surface area contributed by atoms with Crippen LogP contribution in [0.2, 0.25) is 0 Å². The minimum Gasteiger partial charge on any atom is -0.478 e. The van der Waals surface area contributed by atoms with Crippen LogP contribution in [-0.2, 0) is 12.8 Å². The minimum atomic E-state index is -4.39. The van der Waals surface area contributed by atoms with Gasteiger partial charge in [-0.15, -0.1) is 0 Å². The van der Waals surface area contributed by atoms with Gasteiger partial charge in [0.05, 0.1) is 12.0 Å². The Morgan fingerprint density at radius 1 is 1.38 bits per heavy atom. The molecule has 0 spiro atoms. The summed E-state index contributed by atoms with van der Waals surface area (Å²) in [6, 6.07) is 4.06. The number of rotatable bonds is 3. The van der Waals surface area contributed by atoms with Gasteiger partial charge in [0.15, 0.2) is 0 Å². The van der Waals surface area contributed by atoms with Gasteiger partial charge in [0.2, 0.25) is 0 Å². The average Bonchev–Trinajstić information content (AvgIpc) is 2.14. The number of hydrogen-bond acceptors (Lipinski definition) is 1. The van der Waals surface area contributed by atoms with E-state index in [-0.39, 0.29) is 11.1 Å². The van der Waals surface area contributed by atoms with E-state index in [2.05, 4.69) is 0 Å². The molecular formula is C11H11F3O2. The zero-order valence-electron chi connectivity index (χ0n) is 8.64. The predicted octanol–water partition coefficient (Wildman–Crippen LogP) is 3.05. The highest BCUT2D eigenvalue weighted by atomic mass is 19.4. The van der Waals surface area contributed by atoms with E-state index in [0.29, 0.717) is 12.0 Å². The number of carboxylic acid groups (broad SMARTS) is 1. The lowest BCUT2D eigenvalue weighted by atomic mass is 10.00. The van der Waals surface area contributed by atoms with Gasteiger partial charge in [0.1, 0.15) is 0 Å². The second kappa shape index (κ2) is 4.55. The fourth-order valence-electron chi connectivity index (χ4n) is 1.44. The molecule has 0 aliphatic rings. The number of alkyl halides is 3. The van der Waals surface area contributed by atoms with Crippen LogP contribution in [0.4, 0.5) is 13.2 Å². The SMILES string of the molecule is CCc1ccc(C(=O)O)c(CC(F)(F)F)c1. The number of carbonyl (C=O) groups is 1. The lowest BCUT2D eigenvalue weighted by Crippen LogP contribution is -2.15. The second-order valence-electron chi connectivity index (χ2n) is 3.44. The van der Waals surface area contributed by atoms with Crippen LogP contribution in [0.5, 0.6) is 0 Å². The van der Waals surface area contributed by atoms with Crippen LogP contribution in [0.25, 0.3) is 0 Å². The number of halogens is 3. The molecule has 0 saturated carbocycles. The summed E-state index contributed by atoms with van der Waals surface area (Å²) in [6.45, 7) is 1.80. The first-order chi connectivity index (χ1) is 7.33. The van der Waals surface area contributed by atoms with Crippen LogP contribution >= 0.6 is 0 Å². The normalized spacial score (nSPS) is 11.5. The Morgan fingerprint density at radius 2 is 2.00 bits per heavy atom. The molecule has 1 aromatic carbocycles. The minimum absolute atomic E-state index is 0.181. The number of carboxylic acids is 1. The molecule has 1 N–H and O–H groups in total. The maximum absolute atomic E-state index is 12.2. The molecule has 1 aromatic rings. The third-order valence-corrected chi connectivity index (χ3v) is 2.20. The Balaban J connectivity index is 3.15. The third kappa shape index (κ3) is 3.25. The first-order valence-corrected chi connectivity index (χ1v) is 4.75. The van der Waals surface area contributed by atoms with E-state index in [9.17, 15) is 18.0 Å². The van der Waals surface area contributed by atoms with Crippen molar-refractivity contribution in [2.24, 2.45) is 0 Å². The first-order valence-electron chi connectivity index (χ1n) is 4.75. The van der Waals surface area contributed by atoms with Gasteiger partial charge in [0.25, 0.3) is 0 Å². The Hall–Kier alpha value is -1.52. The third-order valence-electron chi connectivity index (χ3n) is 2.20. The van der Waals surface area contributed by atoms with Crippen molar-refractivity contribution in [3.63, 3.8) is 0 Å². The maximum atomic E-state index is 12.2. The molecule has 0 aliphatic heterocycles. The van der Waals surface area contributed by atoms with Crippen molar-refractivity contribution < 1.29 is 23.1 Å². The van der Waals surface area contributed by atoms with E-state index >= 15 is 0 Å². The standard InChI is InChI=1S/C11H11F3O2/c1-2-7-3-4-9(10(15)16)8(5-7)6-11(12,13)14/h3-5H,2,6H2,1H3,(H,15,16). The summed E-state index contributed by atoms with van der Waals surface area (Å²) in [4.78, 5) is 10.7. The molecule has 16 heavy (non-hydrogen) atoms. The van der Waals surface area contributed by atoms with Gasteiger partial charge in [-0.25, -0.2) is 4.79 Å². The molecule has 88 valence electrons. The highest BCUT2D eigenvalue weighted by molar-refractivity contribution is 5.89. The van der Waals surface area contributed by atoms with Gasteiger partial charge in [-0.05, 0) is 23.6 Å². The highest BCUT2D eigenvalue weighted by Gasteiger charge is 2.29. The molecule has 0 saturated heterocycles. The molecule has 0 aromatic heterocycles. The Kier molecular flexibility index (Phi) is 3.57. The van der Waals surface area contributed by atoms with Crippen LogP contribution in [0, 0.1) is 0 Å². The summed E-state index contributed by atoms with van der Waals surface area (Å²) in [5.41, 5.74) is 0.234. The van der Waals surface area contributed by atoms with Gasteiger partial charge >= 0.3 is 12.1 Å². The van der Waals surface area contributed by atoms with Crippen LogP contribution in [0.3, 0.4) is 0 Å². The zero-order valence-corrected chi connectivity index (χ0v) is 8.64. The summed E-state index contributed by atoms with van der Waals surface area (Å²) in [5, 5.41) is 8.76. The number of hydrogen-bond donors (Lipinski definition) is 1. The number of benzene rings is 1. The van der Waals surface area contributed by atoms with E-state index in [0.717, 1.165) is 0 Å². The highest BCUT2D eigenvalue weighted by Crippen LogP contribution is 2.24. The van der Waals surface area contributed by atoms with Gasteiger partial charge in [-0.1, -0.05) is 19.1 Å². The molecule has 0 unspecified atom stereocenters. The largest absolute Gasteiger partial charge is 0.478 e. The van der Waals surface area contributed by atoms with Crippen LogP contribution < -0.4 is 0 Å². The summed E-state index contributed by atoms with van der Waals surface area (Å²) >= 11 is 0. The molecule has 0 amide bonds. The number of aromatic carboxylic acids is 1. The van der Waals surface area contributed by atoms with E-state index in [1.54, 1.807) is 6.92 Å². The van der Waals surface area contributed by atoms with Crippen LogP contribution in [-0.4, -0.2) is 17.3 Å². The molecule has 2 nitrogen and oxygen atoms in total. The Bertz CT molecular complexity index is 397. The van der Waals surface area contributed by atoms with Crippen molar-refractivity contribution in [3.05, 3.63) is 34.9 Å². The quantitative estimate of drug-likeness (QED) is 0.869. The number of aryl methyl sites for hydroxylation is 1. The van der Waals surface area contributed by atoms with Crippen molar-refractivity contribution in [1.29, 1.82) is 0 Å². The van der Waals surface area contributed by atoms with E-state index in [1.165, 1.54) is 18.2 Å². The monoisotopic (exact) mass is 232 g/mol. The summed E-state index contributed by atoms with van der Waals surface area (Å²) in [7, 11) is 0. The Morgan fingerprint density at radius 3 is 2.44 bits per heavy atom. The van der Waals surface area contributed by atoms with Crippen LogP contribution in [0.15, 0.2) is 18.2 Å². The lowest BCUT2D eigenvalue weighted by molar-refractivity contribution is -0.127. The van der Waals surface area contributed by atoms with Crippen molar-refractivity contribution in [1.82, 2.24) is 0 Å². The molecule has 0 atom stereocenters. The Labute approximate surface area is 90.7 Å². The maximum Gasteiger partial charge on any atom is 0.393 e. The zero-order chi connectivity index (χ0) is 12.3. The molecule has 5 heteroatoms. The van der Waals surface area contributed by atoms with Gasteiger partial charge < -0.3 is 5.11 Å². The van der Waals surface area contributed by atoms with Gasteiger partial charge in [-0.3, -0.25) is 0 Å². The smallest absolute Gasteiger partial charge is 0.393 e. The fraction of sp³-hybridized carbons (Fsp3) is 0.364. The van der Waals surface area contributed by atoms with E-state index in [1.807, 2.05) is 0 Å². The molecular weight excluding hydrogens is 221 g/mol. The lowest BCUT2D eigenvalue weighted by Gasteiger charge is -2.10. The van der Waals surface area contributed by atoms with Crippen molar-refractivity contribution in [2.75, 3.05) is 0 Å². The predicted molar refractivity (Wildman–Crippen MR) is 52.5 cm³/mol. The molecule has 1 rings (SSSR count). The summed E-state index contributed by atoms with van der Waals surface area (Å²) in [5.74, 6) is -1.33.